The lowest BCUT2D eigenvalue weighted by Gasteiger charge is -2.30. The maximum absolute atomic E-state index is 16.1. The van der Waals surface area contributed by atoms with E-state index in [4.69, 9.17) is 28.9 Å². The lowest BCUT2D eigenvalue weighted by Crippen LogP contribution is -2.50. The van der Waals surface area contributed by atoms with Crippen molar-refractivity contribution < 1.29 is 48.2 Å². The third-order valence-corrected chi connectivity index (χ3v) is 16.0. The highest BCUT2D eigenvalue weighted by Gasteiger charge is 2.43. The fourth-order valence-electron chi connectivity index (χ4n) is 11.4. The molecule has 22 heteroatoms. The predicted octanol–water partition coefficient (Wildman–Crippen LogP) is 7.23. The van der Waals surface area contributed by atoms with Crippen LogP contribution in [0.1, 0.15) is 94.1 Å². The number of carbonyl (C=O) groups excluding carboxylic acids is 2. The number of hydrogen-bond acceptors (Lipinski definition) is 16. The molecule has 6 heterocycles. The summed E-state index contributed by atoms with van der Waals surface area (Å²) in [6, 6.07) is 18.1. The number of nitrogens with one attached hydrogen (secondary N) is 2. The molecule has 2 saturated heterocycles. The van der Waals surface area contributed by atoms with Gasteiger partial charge in [0.1, 0.15) is 53.7 Å². The van der Waals surface area contributed by atoms with Gasteiger partial charge in [-0.25, -0.2) is 9.07 Å². The van der Waals surface area contributed by atoms with Crippen LogP contribution < -0.4 is 19.7 Å². The van der Waals surface area contributed by atoms with Gasteiger partial charge in [-0.05, 0) is 98.4 Å². The second-order valence-corrected chi connectivity index (χ2v) is 22.7. The molecular weight excluding hydrogens is 1060 g/mol. The third kappa shape index (κ3) is 11.7. The number of benzene rings is 4. The fraction of sp³-hybridized carbons (Fsp3) is 0.443. The van der Waals surface area contributed by atoms with Crippen molar-refractivity contribution in [2.24, 2.45) is 5.92 Å². The Morgan fingerprint density at radius 2 is 1.77 bits per heavy atom. The number of ether oxygens (including phenoxy) is 4. The van der Waals surface area contributed by atoms with Crippen LogP contribution in [0.15, 0.2) is 85.3 Å². The Kier molecular flexibility index (Phi) is 16.3. The van der Waals surface area contributed by atoms with Crippen LogP contribution in [-0.2, 0) is 32.2 Å². The van der Waals surface area contributed by atoms with Crippen molar-refractivity contribution in [3.05, 3.63) is 113 Å². The maximum atomic E-state index is 16.1. The molecule has 1 saturated carbocycles. The number of amides is 2. The smallest absolute Gasteiger partial charge is 0.319 e. The van der Waals surface area contributed by atoms with Crippen LogP contribution in [0.4, 0.5) is 10.2 Å². The number of methoxy groups -OCH3 is 1. The van der Waals surface area contributed by atoms with Crippen LogP contribution in [0.5, 0.6) is 11.8 Å². The number of β-amino-alcohol motifs (C(OH)–C–C–N with tert-alkyl or cyclic N) is 2. The third-order valence-electron chi connectivity index (χ3n) is 16.0. The van der Waals surface area contributed by atoms with E-state index in [0.29, 0.717) is 81.2 Å². The first-order chi connectivity index (χ1) is 40.0. The number of anilines is 1. The van der Waals surface area contributed by atoms with E-state index in [0.717, 1.165) is 40.6 Å². The van der Waals surface area contributed by atoms with Crippen LogP contribution in [0.3, 0.4) is 0 Å². The minimum Gasteiger partial charge on any atom is -0.486 e. The maximum Gasteiger partial charge on any atom is 0.319 e. The van der Waals surface area contributed by atoms with E-state index in [2.05, 4.69) is 37.0 Å². The second kappa shape index (κ2) is 23.8. The highest BCUT2D eigenvalue weighted by atomic mass is 19.1. The van der Waals surface area contributed by atoms with Gasteiger partial charge in [0, 0.05) is 66.8 Å². The Bertz CT molecular complexity index is 3640. The van der Waals surface area contributed by atoms with Crippen molar-refractivity contribution in [2.45, 2.75) is 116 Å². The van der Waals surface area contributed by atoms with Crippen molar-refractivity contribution in [2.75, 3.05) is 58.1 Å². The topological polar surface area (TPSA) is 253 Å². The van der Waals surface area contributed by atoms with E-state index in [1.54, 1.807) is 39.5 Å². The zero-order valence-electron chi connectivity index (χ0n) is 47.8. The van der Waals surface area contributed by atoms with Gasteiger partial charge in [0.15, 0.2) is 5.75 Å². The molecule has 83 heavy (non-hydrogen) atoms. The second-order valence-electron chi connectivity index (χ2n) is 22.7. The molecule has 3 aliphatic rings. The number of fused-ring (bicyclic) bond motifs is 2. The molecule has 11 rings (SSSR count). The van der Waals surface area contributed by atoms with Crippen LogP contribution in [0, 0.1) is 18.7 Å². The molecule has 2 amide bonds. The first kappa shape index (κ1) is 56.9. The number of aliphatic hydroxyl groups is 3. The summed E-state index contributed by atoms with van der Waals surface area (Å²) in [5.41, 5.74) is 7.05. The molecule has 5 N–H and O–H groups in total. The lowest BCUT2D eigenvalue weighted by molar-refractivity contribution is -0.142. The van der Waals surface area contributed by atoms with Gasteiger partial charge in [0.2, 0.25) is 11.8 Å². The van der Waals surface area contributed by atoms with E-state index in [1.165, 1.54) is 15.6 Å². The first-order valence-corrected chi connectivity index (χ1v) is 28.4. The van der Waals surface area contributed by atoms with Gasteiger partial charge < -0.3 is 49.4 Å². The van der Waals surface area contributed by atoms with Gasteiger partial charge >= 0.3 is 6.01 Å². The van der Waals surface area contributed by atoms with Gasteiger partial charge in [0.05, 0.1) is 68.2 Å². The Hall–Kier alpha value is -7.89. The largest absolute Gasteiger partial charge is 0.486 e. The number of likely N-dealkylation sites (tertiary alicyclic amines) is 1. The number of aromatic nitrogens is 9. The molecule has 21 nitrogen and oxygen atoms in total. The summed E-state index contributed by atoms with van der Waals surface area (Å²) in [6.07, 6.45) is 5.77. The summed E-state index contributed by atoms with van der Waals surface area (Å²) in [4.78, 5) is 42.2. The van der Waals surface area contributed by atoms with Crippen LogP contribution in [0.2, 0.25) is 0 Å². The van der Waals surface area contributed by atoms with Gasteiger partial charge in [-0.15, -0.1) is 5.10 Å². The summed E-state index contributed by atoms with van der Waals surface area (Å²) in [5.74, 6) is -0.513. The summed E-state index contributed by atoms with van der Waals surface area (Å²) in [5, 5.41) is 57.8. The molecule has 2 aliphatic heterocycles. The summed E-state index contributed by atoms with van der Waals surface area (Å²) in [6.45, 7) is 12.8. The molecule has 1 aliphatic carbocycles. The average molecular weight is 1140 g/mol. The number of nitrogens with zero attached hydrogens (tertiary/aromatic N) is 10. The van der Waals surface area contributed by atoms with Gasteiger partial charge in [0.25, 0.3) is 0 Å². The van der Waals surface area contributed by atoms with Crippen molar-refractivity contribution in [3.8, 4) is 45.4 Å². The lowest BCUT2D eigenvalue weighted by atomic mass is 9.88. The quantitative estimate of drug-likeness (QED) is 0.0505. The zero-order valence-corrected chi connectivity index (χ0v) is 47.8. The van der Waals surface area contributed by atoms with Crippen LogP contribution >= 0.6 is 0 Å². The number of carbonyl (C=O) groups is 2. The SMILES string of the molecule is CCn1nccc1-c1ccc([C@H](CO)NC(=O)[C@@H]2C[C@@H](O)CN2C(=O)[C@H](C(C)C)n2cc(-c3ccc(COc4c(-c5c(C)c(F)cc6[nH]ncc56)c(C5CC5)cc5c(N6CCOCC(C)(O)C6)nc(OC[C@H](C)OC)nc45)cc3)nn2)cc1. The summed E-state index contributed by atoms with van der Waals surface area (Å²) < 4.78 is 44.2. The Morgan fingerprint density at radius 3 is 2.49 bits per heavy atom. The van der Waals surface area contributed by atoms with Crippen molar-refractivity contribution in [1.29, 1.82) is 0 Å². The number of halogens is 1. The van der Waals surface area contributed by atoms with Gasteiger partial charge in [-0.2, -0.15) is 20.2 Å². The van der Waals surface area contributed by atoms with Crippen LogP contribution in [-0.4, -0.2) is 154 Å². The molecule has 8 aromatic rings. The Morgan fingerprint density at radius 1 is 1.00 bits per heavy atom. The van der Waals surface area contributed by atoms with E-state index in [-0.39, 0.29) is 69.9 Å². The van der Waals surface area contributed by atoms with Gasteiger partial charge in [-0.3, -0.25) is 19.4 Å². The summed E-state index contributed by atoms with van der Waals surface area (Å²) in [7, 11) is 1.60. The van der Waals surface area contributed by atoms with E-state index in [9.17, 15) is 24.9 Å². The highest BCUT2D eigenvalue weighted by Crippen LogP contribution is 2.53. The number of aromatic amines is 1. The number of aryl methyl sites for hydroxylation is 1. The fourth-order valence-corrected chi connectivity index (χ4v) is 11.4. The van der Waals surface area contributed by atoms with Crippen molar-refractivity contribution in [3.63, 3.8) is 0 Å². The Labute approximate surface area is 479 Å². The molecule has 6 atom stereocenters. The summed E-state index contributed by atoms with van der Waals surface area (Å²) >= 11 is 0. The van der Waals surface area contributed by atoms with E-state index in [1.807, 2.05) is 91.9 Å². The molecule has 0 radical (unpaired) electrons. The monoisotopic (exact) mass is 1130 g/mol. The van der Waals surface area contributed by atoms with Gasteiger partial charge in [-0.1, -0.05) is 67.6 Å². The van der Waals surface area contributed by atoms with Crippen LogP contribution in [0.25, 0.3) is 55.4 Å². The average Bonchev–Trinajstić information content (AvgIpc) is 2.57. The molecule has 0 bridgehead atoms. The number of aliphatic hydroxyl groups excluding tert-OH is 2. The van der Waals surface area contributed by atoms with Crippen molar-refractivity contribution in [1.82, 2.24) is 55.2 Å². The molecule has 4 aromatic heterocycles. The standard InChI is InChI=1S/C61H71FN12O9/c1-8-73-50(19-20-64-73)41-17-15-40(16-18-41)49(29-75)65-58(77)51-23-42(76)27-72(51)59(78)55(34(2)3)74-28-48(69-70-74)39-11-9-37(10-12-39)31-82-56-53(52-36(5)46(62)25-47-45(52)26-63-68-47)43(38-13-14-38)24-44-54(56)66-60(83-30-35(4)80-7)67-57(44)71-21-22-81-33-61(6,79)32-71/h9-12,15-20,24-26,28,34-35,38,42,49,51,55,75-76,79H,8,13-14,21-23,27,29-33H2,1-7H3,(H,63,68)(H,65,77)/t35-,42+,49-,51-,55-,61?/m0/s1. The normalized spacial score (nSPS) is 19.6. The first-order valence-electron chi connectivity index (χ1n) is 28.4. The predicted molar refractivity (Wildman–Crippen MR) is 308 cm³/mol. The zero-order chi connectivity index (χ0) is 58.3. The highest BCUT2D eigenvalue weighted by molar-refractivity contribution is 6.06. The molecule has 4 aromatic carbocycles. The molecular formula is C61H71FN12O9. The number of H-pyrrole nitrogens is 1. The molecule has 0 spiro atoms. The minimum absolute atomic E-state index is 0.0262. The minimum atomic E-state index is -1.19. The van der Waals surface area contributed by atoms with E-state index < -0.39 is 47.5 Å². The molecule has 3 fully saturated rings. The number of rotatable bonds is 20. The van der Waals surface area contributed by atoms with Crippen molar-refractivity contribution >= 4 is 39.4 Å². The van der Waals surface area contributed by atoms with E-state index >= 15 is 4.39 Å². The number of hydrogen-bond donors (Lipinski definition) is 5. The molecule has 1 unspecified atom stereocenters. The Balaban J connectivity index is 0.877. The molecule has 436 valence electrons.